The van der Waals surface area contributed by atoms with Crippen molar-refractivity contribution >= 4 is 0 Å². The second kappa shape index (κ2) is 11.2. The highest BCUT2D eigenvalue weighted by atomic mass is 16.3. The van der Waals surface area contributed by atoms with Gasteiger partial charge in [-0.2, -0.15) is 0 Å². The molecule has 2 fully saturated rings. The molecule has 2 N–H and O–H groups in total. The van der Waals surface area contributed by atoms with Gasteiger partial charge in [0.05, 0.1) is 12.2 Å². The van der Waals surface area contributed by atoms with Gasteiger partial charge in [-0.1, -0.05) is 93.8 Å². The summed E-state index contributed by atoms with van der Waals surface area (Å²) in [6.07, 6.45) is 10.9. The van der Waals surface area contributed by atoms with E-state index in [0.717, 1.165) is 38.5 Å². The second-order valence-electron chi connectivity index (χ2n) is 11.2. The minimum atomic E-state index is -0.228. The number of unbranched alkanes of at least 4 members (excludes halogenated alkanes) is 2. The molecule has 2 aromatic carbocycles. The lowest BCUT2D eigenvalue weighted by atomic mass is 9.54. The predicted molar refractivity (Wildman–Crippen MR) is 137 cm³/mol. The van der Waals surface area contributed by atoms with Crippen molar-refractivity contribution in [2.24, 2.45) is 17.3 Å². The minimum Gasteiger partial charge on any atom is -0.392 e. The van der Waals surface area contributed by atoms with Gasteiger partial charge in [-0.05, 0) is 73.3 Å². The van der Waals surface area contributed by atoms with Crippen LogP contribution in [0.1, 0.15) is 101 Å². The Hall–Kier alpha value is -1.64. The first-order valence-electron chi connectivity index (χ1n) is 13.5. The van der Waals surface area contributed by atoms with Gasteiger partial charge in [0.25, 0.3) is 0 Å². The van der Waals surface area contributed by atoms with Crippen molar-refractivity contribution < 1.29 is 10.2 Å². The second-order valence-corrected chi connectivity index (χ2v) is 11.2. The summed E-state index contributed by atoms with van der Waals surface area (Å²) < 4.78 is 0. The van der Waals surface area contributed by atoms with Crippen LogP contribution >= 0.6 is 0 Å². The molecule has 0 saturated heterocycles. The standard InChI is InChI=1S/C31H44O2/c1-3-4-11-20-31(2,25-16-18-29(32)27(21-25)23-12-7-5-8-13-23)26-17-19-30(33)28(22-26)24-14-9-6-10-15-24/h5-10,12-15,25-30,32-33H,3-4,11,16-22H2,1-2H3. The summed E-state index contributed by atoms with van der Waals surface area (Å²) >= 11 is 0. The molecule has 2 aliphatic rings. The summed E-state index contributed by atoms with van der Waals surface area (Å²) in [6, 6.07) is 21.4. The van der Waals surface area contributed by atoms with Crippen LogP contribution in [0, 0.1) is 17.3 Å². The van der Waals surface area contributed by atoms with Crippen LogP contribution in [0.25, 0.3) is 0 Å². The summed E-state index contributed by atoms with van der Waals surface area (Å²) in [5.41, 5.74) is 2.86. The van der Waals surface area contributed by atoms with E-state index in [9.17, 15) is 10.2 Å². The largest absolute Gasteiger partial charge is 0.392 e. The molecule has 0 bridgehead atoms. The van der Waals surface area contributed by atoms with E-state index in [1.54, 1.807) is 0 Å². The van der Waals surface area contributed by atoms with Crippen LogP contribution in [-0.4, -0.2) is 22.4 Å². The molecule has 4 rings (SSSR count). The van der Waals surface area contributed by atoms with Gasteiger partial charge in [-0.3, -0.25) is 0 Å². The SMILES string of the molecule is CCCCCC(C)(C1CCC(O)C(c2ccccc2)C1)C1CCC(O)C(c2ccccc2)C1. The number of aliphatic hydroxyl groups is 2. The molecule has 0 spiro atoms. The molecule has 33 heavy (non-hydrogen) atoms. The number of rotatable bonds is 8. The Bertz CT molecular complexity index is 769. The average Bonchev–Trinajstić information content (AvgIpc) is 2.85. The monoisotopic (exact) mass is 448 g/mol. The van der Waals surface area contributed by atoms with Gasteiger partial charge in [-0.15, -0.1) is 0 Å². The van der Waals surface area contributed by atoms with Gasteiger partial charge >= 0.3 is 0 Å². The fourth-order valence-electron chi connectivity index (χ4n) is 7.12. The summed E-state index contributed by atoms with van der Waals surface area (Å²) in [6.45, 7) is 4.86. The van der Waals surface area contributed by atoms with Crippen LogP contribution in [-0.2, 0) is 0 Å². The van der Waals surface area contributed by atoms with Gasteiger partial charge in [0.2, 0.25) is 0 Å². The number of hydrogen-bond acceptors (Lipinski definition) is 2. The highest BCUT2D eigenvalue weighted by Gasteiger charge is 2.47. The van der Waals surface area contributed by atoms with Crippen LogP contribution < -0.4 is 0 Å². The maximum absolute atomic E-state index is 10.9. The predicted octanol–water partition coefficient (Wildman–Crippen LogP) is 7.46. The topological polar surface area (TPSA) is 40.5 Å². The Kier molecular flexibility index (Phi) is 8.30. The molecule has 0 heterocycles. The van der Waals surface area contributed by atoms with Crippen molar-refractivity contribution in [2.45, 2.75) is 102 Å². The molecule has 6 atom stereocenters. The molecule has 2 nitrogen and oxygen atoms in total. The zero-order valence-electron chi connectivity index (χ0n) is 20.7. The molecule has 0 aliphatic heterocycles. The van der Waals surface area contributed by atoms with Crippen LogP contribution in [0.5, 0.6) is 0 Å². The van der Waals surface area contributed by atoms with Gasteiger partial charge in [0, 0.05) is 11.8 Å². The Morgan fingerprint density at radius 1 is 0.697 bits per heavy atom. The molecular weight excluding hydrogens is 404 g/mol. The van der Waals surface area contributed by atoms with E-state index < -0.39 is 0 Å². The van der Waals surface area contributed by atoms with Crippen molar-refractivity contribution in [1.29, 1.82) is 0 Å². The Morgan fingerprint density at radius 3 is 1.58 bits per heavy atom. The summed E-state index contributed by atoms with van der Waals surface area (Å²) in [7, 11) is 0. The molecular formula is C31H44O2. The zero-order chi connectivity index (χ0) is 23.3. The van der Waals surface area contributed by atoms with Crippen molar-refractivity contribution in [3.8, 4) is 0 Å². The number of hydrogen-bond donors (Lipinski definition) is 2. The highest BCUT2D eigenvalue weighted by Crippen LogP contribution is 2.55. The normalized spacial score (nSPS) is 32.2. The fourth-order valence-corrected chi connectivity index (χ4v) is 7.12. The third kappa shape index (κ3) is 5.54. The molecule has 180 valence electrons. The quantitative estimate of drug-likeness (QED) is 0.411. The van der Waals surface area contributed by atoms with Crippen LogP contribution in [0.2, 0.25) is 0 Å². The van der Waals surface area contributed by atoms with Crippen LogP contribution in [0.3, 0.4) is 0 Å². The van der Waals surface area contributed by atoms with E-state index in [-0.39, 0.29) is 29.5 Å². The van der Waals surface area contributed by atoms with Crippen LogP contribution in [0.15, 0.2) is 60.7 Å². The lowest BCUT2D eigenvalue weighted by Crippen LogP contribution is -2.44. The third-order valence-electron chi connectivity index (χ3n) is 9.27. The first-order chi connectivity index (χ1) is 16.0. The average molecular weight is 449 g/mol. The lowest BCUT2D eigenvalue weighted by molar-refractivity contribution is -0.0302. The Morgan fingerprint density at radius 2 is 1.15 bits per heavy atom. The fraction of sp³-hybridized carbons (Fsp3) is 0.613. The van der Waals surface area contributed by atoms with E-state index in [4.69, 9.17) is 0 Å². The van der Waals surface area contributed by atoms with Gasteiger partial charge < -0.3 is 10.2 Å². The Balaban J connectivity index is 1.58. The molecule has 2 aliphatic carbocycles. The summed E-state index contributed by atoms with van der Waals surface area (Å²) in [5, 5.41) is 21.8. The van der Waals surface area contributed by atoms with E-state index in [0.29, 0.717) is 11.8 Å². The molecule has 6 unspecified atom stereocenters. The highest BCUT2D eigenvalue weighted by molar-refractivity contribution is 5.23. The van der Waals surface area contributed by atoms with Gasteiger partial charge in [0.1, 0.15) is 0 Å². The Labute approximate surface area is 201 Å². The minimum absolute atomic E-state index is 0.228. The number of aliphatic hydroxyl groups excluding tert-OH is 2. The van der Waals surface area contributed by atoms with Crippen molar-refractivity contribution in [1.82, 2.24) is 0 Å². The molecule has 2 heteroatoms. The van der Waals surface area contributed by atoms with E-state index in [2.05, 4.69) is 74.5 Å². The molecule has 2 saturated carbocycles. The molecule has 0 radical (unpaired) electrons. The number of benzene rings is 2. The third-order valence-corrected chi connectivity index (χ3v) is 9.27. The maximum Gasteiger partial charge on any atom is 0.0608 e. The summed E-state index contributed by atoms with van der Waals surface area (Å²) in [5.74, 6) is 1.74. The lowest BCUT2D eigenvalue weighted by Gasteiger charge is -2.51. The molecule has 0 amide bonds. The van der Waals surface area contributed by atoms with Gasteiger partial charge in [0.15, 0.2) is 0 Å². The summed E-state index contributed by atoms with van der Waals surface area (Å²) in [4.78, 5) is 0. The van der Waals surface area contributed by atoms with Crippen LogP contribution in [0.4, 0.5) is 0 Å². The molecule has 2 aromatic rings. The zero-order valence-corrected chi connectivity index (χ0v) is 20.7. The van der Waals surface area contributed by atoms with E-state index in [1.165, 1.54) is 36.8 Å². The van der Waals surface area contributed by atoms with Gasteiger partial charge in [-0.25, -0.2) is 0 Å². The smallest absolute Gasteiger partial charge is 0.0608 e. The van der Waals surface area contributed by atoms with Crippen molar-refractivity contribution in [3.63, 3.8) is 0 Å². The van der Waals surface area contributed by atoms with E-state index in [1.807, 2.05) is 0 Å². The van der Waals surface area contributed by atoms with Crippen molar-refractivity contribution in [2.75, 3.05) is 0 Å². The maximum atomic E-state index is 10.9. The van der Waals surface area contributed by atoms with Crippen molar-refractivity contribution in [3.05, 3.63) is 71.8 Å². The first-order valence-corrected chi connectivity index (χ1v) is 13.5. The van der Waals surface area contributed by atoms with E-state index >= 15 is 0 Å². The molecule has 0 aromatic heterocycles. The first kappa shape index (κ1) is 24.5.